The van der Waals surface area contributed by atoms with Gasteiger partial charge in [-0.15, -0.1) is 0 Å². The molecule has 2 rings (SSSR count). The van der Waals surface area contributed by atoms with Crippen LogP contribution < -0.4 is 4.90 Å². The summed E-state index contributed by atoms with van der Waals surface area (Å²) < 4.78 is 0. The van der Waals surface area contributed by atoms with Crippen LogP contribution in [0.2, 0.25) is 0 Å². The first-order valence-electron chi connectivity index (χ1n) is 5.87. The van der Waals surface area contributed by atoms with Gasteiger partial charge in [0.15, 0.2) is 0 Å². The van der Waals surface area contributed by atoms with Gasteiger partial charge in [0.1, 0.15) is 5.82 Å². The Morgan fingerprint density at radius 1 is 1.31 bits per heavy atom. The summed E-state index contributed by atoms with van der Waals surface area (Å²) in [5, 5.41) is 0.882. The van der Waals surface area contributed by atoms with Crippen LogP contribution in [0, 0.1) is 5.41 Å². The van der Waals surface area contributed by atoms with Crippen molar-refractivity contribution in [3.63, 3.8) is 0 Å². The molecule has 0 unspecified atom stereocenters. The van der Waals surface area contributed by atoms with Crippen LogP contribution in [-0.2, 0) is 5.33 Å². The SMILES string of the molecule is CC1(C)CCN(c2ccc(CBr)cn2)CC1. The molecular formula is C13H19BrN2. The molecule has 0 bridgehead atoms. The molecule has 1 saturated heterocycles. The average molecular weight is 283 g/mol. The van der Waals surface area contributed by atoms with E-state index in [0.717, 1.165) is 24.2 Å². The second-order valence-corrected chi connectivity index (χ2v) is 5.87. The van der Waals surface area contributed by atoms with Crippen LogP contribution in [0.25, 0.3) is 0 Å². The van der Waals surface area contributed by atoms with Gasteiger partial charge in [-0.25, -0.2) is 4.98 Å². The maximum Gasteiger partial charge on any atom is 0.128 e. The summed E-state index contributed by atoms with van der Waals surface area (Å²) in [5.41, 5.74) is 1.74. The fourth-order valence-electron chi connectivity index (χ4n) is 2.02. The molecule has 0 aromatic carbocycles. The summed E-state index contributed by atoms with van der Waals surface area (Å²) in [6.45, 7) is 6.97. The number of nitrogens with zero attached hydrogens (tertiary/aromatic N) is 2. The Hall–Kier alpha value is -0.570. The number of hydrogen-bond donors (Lipinski definition) is 0. The van der Waals surface area contributed by atoms with E-state index in [1.807, 2.05) is 6.20 Å². The van der Waals surface area contributed by atoms with Crippen molar-refractivity contribution in [3.05, 3.63) is 23.9 Å². The third-order valence-electron chi connectivity index (χ3n) is 3.40. The Morgan fingerprint density at radius 2 is 2.00 bits per heavy atom. The molecular weight excluding hydrogens is 264 g/mol. The summed E-state index contributed by atoms with van der Waals surface area (Å²) in [6, 6.07) is 4.28. The van der Waals surface area contributed by atoms with Gasteiger partial charge < -0.3 is 4.90 Å². The second kappa shape index (κ2) is 4.74. The molecule has 1 aromatic heterocycles. The molecule has 0 spiro atoms. The van der Waals surface area contributed by atoms with E-state index in [1.165, 1.54) is 18.4 Å². The Bertz CT molecular complexity index is 335. The Kier molecular flexibility index (Phi) is 3.53. The van der Waals surface area contributed by atoms with Gasteiger partial charge in [-0.3, -0.25) is 0 Å². The number of rotatable bonds is 2. The van der Waals surface area contributed by atoms with Gasteiger partial charge >= 0.3 is 0 Å². The van der Waals surface area contributed by atoms with Crippen LogP contribution in [0.15, 0.2) is 18.3 Å². The van der Waals surface area contributed by atoms with E-state index >= 15 is 0 Å². The van der Waals surface area contributed by atoms with E-state index in [4.69, 9.17) is 0 Å². The van der Waals surface area contributed by atoms with Crippen LogP contribution in [-0.4, -0.2) is 18.1 Å². The van der Waals surface area contributed by atoms with Crippen LogP contribution in [0.4, 0.5) is 5.82 Å². The molecule has 16 heavy (non-hydrogen) atoms. The van der Waals surface area contributed by atoms with Crippen LogP contribution in [0.1, 0.15) is 32.3 Å². The predicted molar refractivity (Wildman–Crippen MR) is 72.1 cm³/mol. The number of hydrogen-bond acceptors (Lipinski definition) is 2. The topological polar surface area (TPSA) is 16.1 Å². The van der Waals surface area contributed by atoms with E-state index in [9.17, 15) is 0 Å². The van der Waals surface area contributed by atoms with Crippen LogP contribution in [0.3, 0.4) is 0 Å². The highest BCUT2D eigenvalue weighted by Gasteiger charge is 2.25. The second-order valence-electron chi connectivity index (χ2n) is 5.31. The van der Waals surface area contributed by atoms with E-state index in [0.29, 0.717) is 5.41 Å². The Balaban J connectivity index is 2.03. The van der Waals surface area contributed by atoms with Gasteiger partial charge in [-0.2, -0.15) is 0 Å². The predicted octanol–water partition coefficient (Wildman–Crippen LogP) is 3.60. The van der Waals surface area contributed by atoms with Gasteiger partial charge in [0, 0.05) is 24.6 Å². The molecule has 1 aliphatic rings. The largest absolute Gasteiger partial charge is 0.357 e. The molecule has 0 saturated carbocycles. The number of aromatic nitrogens is 1. The fraction of sp³-hybridized carbons (Fsp3) is 0.615. The maximum absolute atomic E-state index is 4.52. The fourth-order valence-corrected chi connectivity index (χ4v) is 2.36. The van der Waals surface area contributed by atoms with Crippen molar-refractivity contribution in [2.45, 2.75) is 32.0 Å². The lowest BCUT2D eigenvalue weighted by molar-refractivity contribution is 0.279. The molecule has 1 aliphatic heterocycles. The standard InChI is InChI=1S/C13H19BrN2/c1-13(2)5-7-16(8-6-13)12-4-3-11(9-14)10-15-12/h3-4,10H,5-9H2,1-2H3. The lowest BCUT2D eigenvalue weighted by atomic mass is 9.83. The first kappa shape index (κ1) is 11.9. The summed E-state index contributed by atoms with van der Waals surface area (Å²) in [4.78, 5) is 6.91. The minimum absolute atomic E-state index is 0.506. The Labute approximate surface area is 106 Å². The molecule has 0 atom stereocenters. The highest BCUT2D eigenvalue weighted by atomic mass is 79.9. The molecule has 0 radical (unpaired) electrons. The smallest absolute Gasteiger partial charge is 0.128 e. The molecule has 0 N–H and O–H groups in total. The quantitative estimate of drug-likeness (QED) is 0.771. The van der Waals surface area contributed by atoms with Crippen molar-refractivity contribution in [1.29, 1.82) is 0 Å². The van der Waals surface area contributed by atoms with Crippen LogP contribution >= 0.6 is 15.9 Å². The van der Waals surface area contributed by atoms with Gasteiger partial charge in [-0.1, -0.05) is 35.8 Å². The molecule has 2 nitrogen and oxygen atoms in total. The van der Waals surface area contributed by atoms with Crippen molar-refractivity contribution in [3.8, 4) is 0 Å². The summed E-state index contributed by atoms with van der Waals surface area (Å²) in [6.07, 6.45) is 4.48. The van der Waals surface area contributed by atoms with E-state index in [2.05, 4.69) is 51.8 Å². The molecule has 1 fully saturated rings. The molecule has 0 amide bonds. The number of piperidine rings is 1. The third kappa shape index (κ3) is 2.76. The first-order chi connectivity index (χ1) is 7.61. The molecule has 88 valence electrons. The van der Waals surface area contributed by atoms with Crippen molar-refractivity contribution in [2.24, 2.45) is 5.41 Å². The van der Waals surface area contributed by atoms with E-state index < -0.39 is 0 Å². The molecule has 2 heterocycles. The highest BCUT2D eigenvalue weighted by Crippen LogP contribution is 2.31. The summed E-state index contributed by atoms with van der Waals surface area (Å²) in [7, 11) is 0. The maximum atomic E-state index is 4.52. The lowest BCUT2D eigenvalue weighted by Crippen LogP contribution is -2.37. The number of pyridine rings is 1. The van der Waals surface area contributed by atoms with Crippen molar-refractivity contribution < 1.29 is 0 Å². The van der Waals surface area contributed by atoms with Gasteiger partial charge in [0.2, 0.25) is 0 Å². The van der Waals surface area contributed by atoms with E-state index in [-0.39, 0.29) is 0 Å². The lowest BCUT2D eigenvalue weighted by Gasteiger charge is -2.37. The van der Waals surface area contributed by atoms with Crippen LogP contribution in [0.5, 0.6) is 0 Å². The average Bonchev–Trinajstić information content (AvgIpc) is 2.29. The zero-order chi connectivity index (χ0) is 11.6. The van der Waals surface area contributed by atoms with Gasteiger partial charge in [0.25, 0.3) is 0 Å². The van der Waals surface area contributed by atoms with Crippen molar-refractivity contribution in [1.82, 2.24) is 4.98 Å². The van der Waals surface area contributed by atoms with E-state index in [1.54, 1.807) is 0 Å². The molecule has 1 aromatic rings. The Morgan fingerprint density at radius 3 is 2.50 bits per heavy atom. The zero-order valence-electron chi connectivity index (χ0n) is 10.0. The number of anilines is 1. The summed E-state index contributed by atoms with van der Waals surface area (Å²) >= 11 is 3.44. The molecule has 3 heteroatoms. The minimum Gasteiger partial charge on any atom is -0.357 e. The normalized spacial score (nSPS) is 19.8. The van der Waals surface area contributed by atoms with Gasteiger partial charge in [0.05, 0.1) is 0 Å². The first-order valence-corrected chi connectivity index (χ1v) is 6.99. The number of halogens is 1. The minimum atomic E-state index is 0.506. The van der Waals surface area contributed by atoms with Crippen molar-refractivity contribution in [2.75, 3.05) is 18.0 Å². The highest BCUT2D eigenvalue weighted by molar-refractivity contribution is 9.08. The molecule has 0 aliphatic carbocycles. The van der Waals surface area contributed by atoms with Gasteiger partial charge in [-0.05, 0) is 29.9 Å². The third-order valence-corrected chi connectivity index (χ3v) is 4.05. The van der Waals surface area contributed by atoms with Crippen molar-refractivity contribution >= 4 is 21.7 Å². The monoisotopic (exact) mass is 282 g/mol. The number of alkyl halides is 1. The zero-order valence-corrected chi connectivity index (χ0v) is 11.6. The summed E-state index contributed by atoms with van der Waals surface area (Å²) in [5.74, 6) is 1.13.